The Morgan fingerprint density at radius 2 is 1.89 bits per heavy atom. The van der Waals surface area contributed by atoms with Crippen LogP contribution >= 0.6 is 0 Å². The third-order valence-corrected chi connectivity index (χ3v) is 4.27. The van der Waals surface area contributed by atoms with Crippen LogP contribution in [0.1, 0.15) is 51.5 Å². The zero-order valence-electron chi connectivity index (χ0n) is 16.7. The minimum absolute atomic E-state index is 0.150. The average Bonchev–Trinajstić information content (AvgIpc) is 3.10. The van der Waals surface area contributed by atoms with E-state index < -0.39 is 17.7 Å². The number of alkyl carbamates (subject to hydrolysis) is 1. The third kappa shape index (κ3) is 4.42. The summed E-state index contributed by atoms with van der Waals surface area (Å²) in [6, 6.07) is 12.8. The van der Waals surface area contributed by atoms with Crippen LogP contribution in [0.5, 0.6) is 0 Å². The molecule has 0 fully saturated rings. The van der Waals surface area contributed by atoms with Gasteiger partial charge in [0.1, 0.15) is 11.1 Å². The molecule has 7 heteroatoms. The van der Waals surface area contributed by atoms with Gasteiger partial charge < -0.3 is 10.1 Å². The molecule has 1 amide bonds. The van der Waals surface area contributed by atoms with Crippen molar-refractivity contribution in [1.82, 2.24) is 19.5 Å². The minimum atomic E-state index is -0.607. The number of amides is 1. The van der Waals surface area contributed by atoms with E-state index in [-0.39, 0.29) is 5.56 Å². The number of rotatable bonds is 5. The number of hydrogen-bond donors (Lipinski definition) is 1. The Balaban J connectivity index is 2.03. The van der Waals surface area contributed by atoms with E-state index in [4.69, 9.17) is 4.74 Å². The molecule has 0 radical (unpaired) electrons. The van der Waals surface area contributed by atoms with Crippen molar-refractivity contribution >= 4 is 11.6 Å². The van der Waals surface area contributed by atoms with Gasteiger partial charge in [-0.3, -0.25) is 9.36 Å². The molecule has 1 unspecified atom stereocenters. The lowest BCUT2D eigenvalue weighted by molar-refractivity contribution is 0.0498. The van der Waals surface area contributed by atoms with Gasteiger partial charge in [0.15, 0.2) is 5.82 Å². The summed E-state index contributed by atoms with van der Waals surface area (Å²) in [5.41, 5.74) is 0.718. The quantitative estimate of drug-likeness (QED) is 0.732. The smallest absolute Gasteiger partial charge is 0.408 e. The highest BCUT2D eigenvalue weighted by Crippen LogP contribution is 2.17. The number of benzene rings is 1. The molecule has 0 aliphatic rings. The molecule has 0 saturated heterocycles. The highest BCUT2D eigenvalue weighted by atomic mass is 16.6. The van der Waals surface area contributed by atoms with Crippen LogP contribution < -0.4 is 10.9 Å². The second kappa shape index (κ2) is 7.88. The normalized spacial score (nSPS) is 12.7. The van der Waals surface area contributed by atoms with Crippen LogP contribution in [-0.2, 0) is 11.3 Å². The van der Waals surface area contributed by atoms with Crippen LogP contribution in [-0.4, -0.2) is 25.9 Å². The molecular formula is C21H26N4O3. The maximum atomic E-state index is 13.1. The number of ether oxygens (including phenoxy) is 1. The van der Waals surface area contributed by atoms with E-state index in [2.05, 4.69) is 10.4 Å². The molecule has 1 N–H and O–H groups in total. The Morgan fingerprint density at radius 1 is 1.18 bits per heavy atom. The molecule has 2 heterocycles. The van der Waals surface area contributed by atoms with Crippen LogP contribution in [0, 0.1) is 0 Å². The first-order valence-electron chi connectivity index (χ1n) is 9.40. The number of carbonyl (C=O) groups is 1. The Bertz CT molecular complexity index is 1020. The molecule has 0 bridgehead atoms. The Morgan fingerprint density at radius 3 is 2.54 bits per heavy atom. The zero-order chi connectivity index (χ0) is 20.3. The van der Waals surface area contributed by atoms with Crippen LogP contribution in [0.2, 0.25) is 0 Å². The minimum Gasteiger partial charge on any atom is -0.444 e. The molecule has 0 saturated carbocycles. The number of fused-ring (bicyclic) bond motifs is 1. The molecule has 28 heavy (non-hydrogen) atoms. The van der Waals surface area contributed by atoms with E-state index >= 15 is 0 Å². The summed E-state index contributed by atoms with van der Waals surface area (Å²) in [4.78, 5) is 25.4. The SMILES string of the molecule is CCC(NC(=O)OC(C)(C)C)c1nn2cccc2c(=O)n1Cc1ccccc1. The second-order valence-corrected chi connectivity index (χ2v) is 7.68. The lowest BCUT2D eigenvalue weighted by Crippen LogP contribution is -2.38. The standard InChI is InChI=1S/C21H26N4O3/c1-5-16(22-20(27)28-21(2,3)4)18-23-25-13-9-12-17(25)19(26)24(18)14-15-10-7-6-8-11-15/h6-13,16H,5,14H2,1-4H3,(H,22,27). The molecule has 7 nitrogen and oxygen atoms in total. The molecule has 1 atom stereocenters. The third-order valence-electron chi connectivity index (χ3n) is 4.27. The number of hydrogen-bond acceptors (Lipinski definition) is 4. The zero-order valence-corrected chi connectivity index (χ0v) is 16.7. The Hall–Kier alpha value is -3.09. The average molecular weight is 382 g/mol. The highest BCUT2D eigenvalue weighted by Gasteiger charge is 2.24. The van der Waals surface area contributed by atoms with Crippen molar-refractivity contribution in [1.29, 1.82) is 0 Å². The second-order valence-electron chi connectivity index (χ2n) is 7.68. The van der Waals surface area contributed by atoms with Crippen molar-refractivity contribution in [2.24, 2.45) is 0 Å². The lowest BCUT2D eigenvalue weighted by Gasteiger charge is -2.24. The fourth-order valence-electron chi connectivity index (χ4n) is 3.01. The summed E-state index contributed by atoms with van der Waals surface area (Å²) in [5.74, 6) is 0.492. The van der Waals surface area contributed by atoms with Gasteiger partial charge >= 0.3 is 6.09 Å². The van der Waals surface area contributed by atoms with Crippen molar-refractivity contribution in [3.8, 4) is 0 Å². The van der Waals surface area contributed by atoms with Crippen LogP contribution in [0.4, 0.5) is 4.79 Å². The summed E-state index contributed by atoms with van der Waals surface area (Å²) < 4.78 is 8.56. The number of carbonyl (C=O) groups excluding carboxylic acids is 1. The Labute approximate surface area is 163 Å². The molecule has 3 aromatic rings. The summed E-state index contributed by atoms with van der Waals surface area (Å²) >= 11 is 0. The molecule has 0 aliphatic heterocycles. The van der Waals surface area contributed by atoms with Crippen molar-refractivity contribution in [3.63, 3.8) is 0 Å². The molecule has 1 aromatic carbocycles. The maximum absolute atomic E-state index is 13.1. The number of nitrogens with zero attached hydrogens (tertiary/aromatic N) is 3. The van der Waals surface area contributed by atoms with E-state index in [0.29, 0.717) is 24.3 Å². The largest absolute Gasteiger partial charge is 0.444 e. The molecule has 148 valence electrons. The predicted molar refractivity (Wildman–Crippen MR) is 107 cm³/mol. The summed E-state index contributed by atoms with van der Waals surface area (Å²) in [6.45, 7) is 7.73. The maximum Gasteiger partial charge on any atom is 0.408 e. The first-order chi connectivity index (χ1) is 13.3. The molecule has 2 aromatic heterocycles. The van der Waals surface area contributed by atoms with E-state index in [0.717, 1.165) is 5.56 Å². The number of aromatic nitrogens is 3. The first kappa shape index (κ1) is 19.7. The lowest BCUT2D eigenvalue weighted by atomic mass is 10.2. The first-order valence-corrected chi connectivity index (χ1v) is 9.40. The van der Waals surface area contributed by atoms with Crippen LogP contribution in [0.25, 0.3) is 5.52 Å². The van der Waals surface area contributed by atoms with E-state index in [1.54, 1.807) is 27.4 Å². The van der Waals surface area contributed by atoms with Crippen molar-refractivity contribution < 1.29 is 9.53 Å². The van der Waals surface area contributed by atoms with Gasteiger partial charge in [0.2, 0.25) is 0 Å². The fraction of sp³-hybridized carbons (Fsp3) is 0.381. The van der Waals surface area contributed by atoms with Gasteiger partial charge in [-0.1, -0.05) is 37.3 Å². The number of nitrogens with one attached hydrogen (secondary N) is 1. The van der Waals surface area contributed by atoms with Crippen molar-refractivity contribution in [3.05, 3.63) is 70.4 Å². The highest BCUT2D eigenvalue weighted by molar-refractivity contribution is 5.68. The molecular weight excluding hydrogens is 356 g/mol. The van der Waals surface area contributed by atoms with Gasteiger partial charge in [-0.15, -0.1) is 0 Å². The summed E-state index contributed by atoms with van der Waals surface area (Å²) in [7, 11) is 0. The summed E-state index contributed by atoms with van der Waals surface area (Å²) in [5, 5.41) is 7.48. The molecule has 3 rings (SSSR count). The van der Waals surface area contributed by atoms with Crippen molar-refractivity contribution in [2.75, 3.05) is 0 Å². The van der Waals surface area contributed by atoms with Gasteiger partial charge in [0, 0.05) is 6.20 Å². The Kier molecular flexibility index (Phi) is 5.53. The van der Waals surface area contributed by atoms with Crippen LogP contribution in [0.3, 0.4) is 0 Å². The van der Waals surface area contributed by atoms with Gasteiger partial charge in [-0.2, -0.15) is 5.10 Å². The van der Waals surface area contributed by atoms with Crippen molar-refractivity contribution in [2.45, 2.75) is 52.3 Å². The van der Waals surface area contributed by atoms with E-state index in [1.165, 1.54) is 0 Å². The topological polar surface area (TPSA) is 77.6 Å². The fourth-order valence-corrected chi connectivity index (χ4v) is 3.01. The van der Waals surface area contributed by atoms with E-state index in [1.807, 2.05) is 58.0 Å². The summed E-state index contributed by atoms with van der Waals surface area (Å²) in [6.07, 6.45) is 1.76. The van der Waals surface area contributed by atoms with Gasteiger partial charge in [-0.05, 0) is 44.9 Å². The molecule has 0 spiro atoms. The monoisotopic (exact) mass is 382 g/mol. The van der Waals surface area contributed by atoms with E-state index in [9.17, 15) is 9.59 Å². The predicted octanol–water partition coefficient (Wildman–Crippen LogP) is 3.52. The van der Waals surface area contributed by atoms with Gasteiger partial charge in [0.25, 0.3) is 5.56 Å². The van der Waals surface area contributed by atoms with Gasteiger partial charge in [-0.25, -0.2) is 9.31 Å². The van der Waals surface area contributed by atoms with Gasteiger partial charge in [0.05, 0.1) is 12.6 Å². The molecule has 0 aliphatic carbocycles. The van der Waals surface area contributed by atoms with Crippen LogP contribution in [0.15, 0.2) is 53.5 Å².